The zero-order chi connectivity index (χ0) is 18.1. The first-order chi connectivity index (χ1) is 12.6. The second-order valence-electron chi connectivity index (χ2n) is 5.81. The summed E-state index contributed by atoms with van der Waals surface area (Å²) in [5.41, 5.74) is 3.96. The van der Waals surface area contributed by atoms with E-state index < -0.39 is 0 Å². The van der Waals surface area contributed by atoms with E-state index in [0.29, 0.717) is 10.6 Å². The molecule has 0 radical (unpaired) electrons. The van der Waals surface area contributed by atoms with Crippen molar-refractivity contribution in [1.29, 1.82) is 0 Å². The highest BCUT2D eigenvalue weighted by Gasteiger charge is 2.13. The fourth-order valence-electron chi connectivity index (χ4n) is 2.62. The lowest BCUT2D eigenvalue weighted by Crippen LogP contribution is -2.13. The number of hydrogen-bond donors (Lipinski definition) is 1. The average Bonchev–Trinajstić information content (AvgIpc) is 3.08. The lowest BCUT2D eigenvalue weighted by molar-refractivity contribution is 0.102. The number of fused-ring (bicyclic) bond motifs is 1. The number of thiazole rings is 1. The Morgan fingerprint density at radius 2 is 1.96 bits per heavy atom. The Morgan fingerprint density at radius 3 is 2.77 bits per heavy atom. The number of aromatic nitrogens is 2. The molecule has 4 rings (SSSR count). The van der Waals surface area contributed by atoms with Crippen molar-refractivity contribution in [2.75, 3.05) is 5.32 Å². The molecular weight excluding hydrogens is 366 g/mol. The van der Waals surface area contributed by atoms with Crippen molar-refractivity contribution in [3.63, 3.8) is 0 Å². The van der Waals surface area contributed by atoms with Gasteiger partial charge in [0.1, 0.15) is 15.4 Å². The van der Waals surface area contributed by atoms with E-state index in [4.69, 9.17) is 11.6 Å². The van der Waals surface area contributed by atoms with Crippen molar-refractivity contribution in [2.45, 2.75) is 6.92 Å². The number of rotatable bonds is 3. The van der Waals surface area contributed by atoms with Gasteiger partial charge in [0.25, 0.3) is 5.91 Å². The summed E-state index contributed by atoms with van der Waals surface area (Å²) in [6.45, 7) is 1.95. The molecule has 0 bridgehead atoms. The first kappa shape index (κ1) is 16.7. The van der Waals surface area contributed by atoms with E-state index >= 15 is 0 Å². The maximum absolute atomic E-state index is 12.6. The third kappa shape index (κ3) is 3.19. The van der Waals surface area contributed by atoms with Gasteiger partial charge in [-0.1, -0.05) is 47.2 Å². The van der Waals surface area contributed by atoms with Crippen molar-refractivity contribution in [3.8, 4) is 10.6 Å². The van der Waals surface area contributed by atoms with E-state index in [1.165, 1.54) is 11.3 Å². The number of hydrogen-bond acceptors (Lipinski definition) is 4. The van der Waals surface area contributed by atoms with Crippen molar-refractivity contribution in [1.82, 2.24) is 9.97 Å². The molecule has 128 valence electrons. The van der Waals surface area contributed by atoms with Crippen LogP contribution in [0.3, 0.4) is 0 Å². The van der Waals surface area contributed by atoms with Gasteiger partial charge in [0.2, 0.25) is 0 Å². The van der Waals surface area contributed by atoms with Gasteiger partial charge < -0.3 is 5.32 Å². The van der Waals surface area contributed by atoms with Gasteiger partial charge in [-0.3, -0.25) is 4.79 Å². The zero-order valence-electron chi connectivity index (χ0n) is 13.9. The summed E-state index contributed by atoms with van der Waals surface area (Å²) >= 11 is 7.65. The third-order valence-electron chi connectivity index (χ3n) is 4.02. The van der Waals surface area contributed by atoms with Crippen LogP contribution in [0.25, 0.3) is 20.9 Å². The predicted octanol–water partition coefficient (Wildman–Crippen LogP) is 5.57. The first-order valence-corrected chi connectivity index (χ1v) is 9.20. The van der Waals surface area contributed by atoms with E-state index in [9.17, 15) is 4.79 Å². The molecule has 0 spiro atoms. The molecule has 0 atom stereocenters. The molecule has 2 heterocycles. The summed E-state index contributed by atoms with van der Waals surface area (Å²) in [7, 11) is 0. The lowest BCUT2D eigenvalue weighted by atomic mass is 10.1. The summed E-state index contributed by atoms with van der Waals surface area (Å²) in [5, 5.41) is 4.24. The molecule has 2 aromatic heterocycles. The van der Waals surface area contributed by atoms with Crippen LogP contribution in [0.4, 0.5) is 5.69 Å². The summed E-state index contributed by atoms with van der Waals surface area (Å²) in [5.74, 6) is -0.234. The Morgan fingerprint density at radius 1 is 1.12 bits per heavy atom. The van der Waals surface area contributed by atoms with Gasteiger partial charge in [0.15, 0.2) is 0 Å². The van der Waals surface area contributed by atoms with Gasteiger partial charge in [-0.2, -0.15) is 0 Å². The Kier molecular flexibility index (Phi) is 4.41. The van der Waals surface area contributed by atoms with Gasteiger partial charge in [-0.05, 0) is 42.8 Å². The van der Waals surface area contributed by atoms with Gasteiger partial charge in [0, 0.05) is 17.4 Å². The Hall–Kier alpha value is -2.76. The third-order valence-corrected chi connectivity index (χ3v) is 5.38. The largest absolute Gasteiger partial charge is 0.322 e. The van der Waals surface area contributed by atoms with Crippen molar-refractivity contribution < 1.29 is 4.79 Å². The number of anilines is 1. The van der Waals surface area contributed by atoms with Crippen molar-refractivity contribution in [3.05, 3.63) is 76.9 Å². The Bertz CT molecular complexity index is 1090. The lowest BCUT2D eigenvalue weighted by Gasteiger charge is -2.10. The number of carbonyl (C=O) groups is 1. The van der Waals surface area contributed by atoms with E-state index in [1.807, 2.05) is 37.3 Å². The van der Waals surface area contributed by atoms with Crippen LogP contribution in [0.2, 0.25) is 5.02 Å². The monoisotopic (exact) mass is 379 g/mol. The summed E-state index contributed by atoms with van der Waals surface area (Å²) < 4.78 is 0. The molecule has 2 aromatic carbocycles. The molecule has 0 saturated carbocycles. The molecule has 0 saturated heterocycles. The quantitative estimate of drug-likeness (QED) is 0.506. The number of halogens is 1. The van der Waals surface area contributed by atoms with Gasteiger partial charge in [-0.25, -0.2) is 9.97 Å². The molecule has 4 nitrogen and oxygen atoms in total. The van der Waals surface area contributed by atoms with Crippen LogP contribution in [0.15, 0.2) is 60.8 Å². The molecule has 6 heteroatoms. The normalized spacial score (nSPS) is 10.8. The average molecular weight is 380 g/mol. The smallest absolute Gasteiger partial charge is 0.257 e. The number of amides is 1. The fraction of sp³-hybridized carbons (Fsp3) is 0.0500. The Balaban J connectivity index is 1.68. The van der Waals surface area contributed by atoms with Crippen LogP contribution in [-0.2, 0) is 0 Å². The van der Waals surface area contributed by atoms with Crippen LogP contribution in [0.1, 0.15) is 15.9 Å². The minimum absolute atomic E-state index is 0.234. The maximum Gasteiger partial charge on any atom is 0.257 e. The molecule has 1 N–H and O–H groups in total. The second-order valence-corrected chi connectivity index (χ2v) is 7.20. The Labute approximate surface area is 159 Å². The zero-order valence-corrected chi connectivity index (χ0v) is 15.4. The summed E-state index contributed by atoms with van der Waals surface area (Å²) in [4.78, 5) is 22.4. The maximum atomic E-state index is 12.6. The van der Waals surface area contributed by atoms with Crippen LogP contribution in [0.5, 0.6) is 0 Å². The van der Waals surface area contributed by atoms with Crippen molar-refractivity contribution in [2.24, 2.45) is 0 Å². The fourth-order valence-corrected chi connectivity index (χ4v) is 3.74. The number of carbonyl (C=O) groups excluding carboxylic acids is 1. The predicted molar refractivity (Wildman–Crippen MR) is 107 cm³/mol. The minimum atomic E-state index is -0.234. The second kappa shape index (κ2) is 6.86. The summed E-state index contributed by atoms with van der Waals surface area (Å²) in [6.07, 6.45) is 1.76. The molecule has 0 fully saturated rings. The molecular formula is C20H14ClN3OS. The minimum Gasteiger partial charge on any atom is -0.322 e. The van der Waals surface area contributed by atoms with Crippen molar-refractivity contribution >= 4 is 44.9 Å². The van der Waals surface area contributed by atoms with Gasteiger partial charge in [-0.15, -0.1) is 0 Å². The number of nitrogens with zero attached hydrogens (tertiary/aromatic N) is 2. The molecule has 1 amide bonds. The molecule has 0 unspecified atom stereocenters. The topological polar surface area (TPSA) is 54.9 Å². The highest BCUT2D eigenvalue weighted by Crippen LogP contribution is 2.31. The molecule has 26 heavy (non-hydrogen) atoms. The van der Waals surface area contributed by atoms with E-state index in [0.717, 1.165) is 32.2 Å². The highest BCUT2D eigenvalue weighted by atomic mass is 35.5. The van der Waals surface area contributed by atoms with Crippen LogP contribution in [0, 0.1) is 6.92 Å². The molecule has 0 aliphatic rings. The molecule has 0 aliphatic heterocycles. The van der Waals surface area contributed by atoms with E-state index in [2.05, 4.69) is 15.3 Å². The van der Waals surface area contributed by atoms with Gasteiger partial charge in [0.05, 0.1) is 10.6 Å². The van der Waals surface area contributed by atoms with Crippen LogP contribution < -0.4 is 5.32 Å². The van der Waals surface area contributed by atoms with Crippen LogP contribution >= 0.6 is 22.9 Å². The molecule has 0 aliphatic carbocycles. The standard InChI is InChI=1S/C20H14ClN3OS/c1-12-8-9-13(19-24-16-7-4-10-22-20(16)26-19)11-17(12)23-18(25)14-5-2-3-6-15(14)21/h2-11H,1H3,(H,23,25). The molecule has 4 aromatic rings. The number of aryl methyl sites for hydroxylation is 1. The van der Waals surface area contributed by atoms with E-state index in [1.54, 1.807) is 30.5 Å². The number of pyridine rings is 1. The van der Waals surface area contributed by atoms with Gasteiger partial charge >= 0.3 is 0 Å². The number of benzene rings is 2. The van der Waals surface area contributed by atoms with Crippen LogP contribution in [-0.4, -0.2) is 15.9 Å². The highest BCUT2D eigenvalue weighted by molar-refractivity contribution is 7.21. The number of nitrogens with one attached hydrogen (secondary N) is 1. The first-order valence-electron chi connectivity index (χ1n) is 8.00. The SMILES string of the molecule is Cc1ccc(-c2nc3cccnc3s2)cc1NC(=O)c1ccccc1Cl. The van der Waals surface area contributed by atoms with E-state index in [-0.39, 0.29) is 5.91 Å². The summed E-state index contributed by atoms with van der Waals surface area (Å²) in [6, 6.07) is 16.7.